The lowest BCUT2D eigenvalue weighted by atomic mass is 10.2. The summed E-state index contributed by atoms with van der Waals surface area (Å²) in [6.07, 6.45) is -0.107. The molecule has 1 aromatic rings. The highest BCUT2D eigenvalue weighted by Gasteiger charge is 2.22. The monoisotopic (exact) mass is 316 g/mol. The maximum Gasteiger partial charge on any atom is 0.243 e. The Hall–Kier alpha value is -1.37. The zero-order valence-corrected chi connectivity index (χ0v) is 12.7. The van der Waals surface area contributed by atoms with E-state index in [9.17, 15) is 9.18 Å². The maximum absolute atomic E-state index is 13.9. The van der Waals surface area contributed by atoms with Crippen molar-refractivity contribution in [1.82, 2.24) is 5.32 Å². The lowest BCUT2D eigenvalue weighted by Crippen LogP contribution is -2.48. The Morgan fingerprint density at radius 2 is 2.33 bits per heavy atom. The van der Waals surface area contributed by atoms with Crippen LogP contribution in [0.2, 0.25) is 5.02 Å². The molecular weight excluding hydrogens is 299 g/mol. The molecule has 5 nitrogen and oxygen atoms in total. The summed E-state index contributed by atoms with van der Waals surface area (Å²) in [5.41, 5.74) is 0.0347. The van der Waals surface area contributed by atoms with Gasteiger partial charge in [-0.25, -0.2) is 4.39 Å². The number of amides is 1. The van der Waals surface area contributed by atoms with Gasteiger partial charge in [0.05, 0.1) is 30.0 Å². The average Bonchev–Trinajstić information content (AvgIpc) is 2.44. The molecule has 21 heavy (non-hydrogen) atoms. The van der Waals surface area contributed by atoms with Crippen molar-refractivity contribution >= 4 is 23.2 Å². The van der Waals surface area contributed by atoms with Crippen LogP contribution in [0, 0.1) is 5.82 Å². The van der Waals surface area contributed by atoms with E-state index in [1.807, 2.05) is 13.8 Å². The molecule has 1 aliphatic heterocycles. The number of carbonyl (C=O) groups excluding carboxylic acids is 1. The average molecular weight is 317 g/mol. The van der Waals surface area contributed by atoms with Crippen molar-refractivity contribution in [3.63, 3.8) is 0 Å². The van der Waals surface area contributed by atoms with Crippen LogP contribution in [0.15, 0.2) is 12.1 Å². The van der Waals surface area contributed by atoms with Gasteiger partial charge in [0.1, 0.15) is 17.6 Å². The molecule has 1 fully saturated rings. The smallest absolute Gasteiger partial charge is 0.243 e. The van der Waals surface area contributed by atoms with E-state index >= 15 is 0 Å². The van der Waals surface area contributed by atoms with Gasteiger partial charge in [0.15, 0.2) is 0 Å². The van der Waals surface area contributed by atoms with Crippen LogP contribution in [0.3, 0.4) is 0 Å². The molecule has 0 aromatic heterocycles. The minimum absolute atomic E-state index is 0.0347. The summed E-state index contributed by atoms with van der Waals surface area (Å²) in [5.74, 6) is -0.635. The predicted octanol–water partition coefficient (Wildman–Crippen LogP) is 2.19. The highest BCUT2D eigenvalue weighted by molar-refractivity contribution is 6.32. The number of ether oxygens (including phenoxy) is 2. The van der Waals surface area contributed by atoms with E-state index in [1.54, 1.807) is 0 Å². The number of anilines is 1. The molecule has 7 heteroatoms. The van der Waals surface area contributed by atoms with Crippen LogP contribution in [-0.2, 0) is 9.53 Å². The van der Waals surface area contributed by atoms with Crippen LogP contribution in [0.5, 0.6) is 5.75 Å². The Bertz CT molecular complexity index is 519. The fraction of sp³-hybridized carbons (Fsp3) is 0.500. The second-order valence-corrected chi connectivity index (χ2v) is 5.41. The van der Waals surface area contributed by atoms with Gasteiger partial charge in [0, 0.05) is 12.6 Å². The molecular formula is C14H18ClFN2O3. The Morgan fingerprint density at radius 3 is 2.95 bits per heavy atom. The summed E-state index contributed by atoms with van der Waals surface area (Å²) in [6, 6.07) is 2.02. The largest absolute Gasteiger partial charge is 0.489 e. The number of nitrogens with one attached hydrogen (secondary N) is 2. The van der Waals surface area contributed by atoms with E-state index in [2.05, 4.69) is 10.6 Å². The van der Waals surface area contributed by atoms with Crippen molar-refractivity contribution in [1.29, 1.82) is 0 Å². The van der Waals surface area contributed by atoms with E-state index in [0.717, 1.165) is 6.07 Å². The summed E-state index contributed by atoms with van der Waals surface area (Å²) in [4.78, 5) is 12.0. The first-order valence-electron chi connectivity index (χ1n) is 6.75. The SMILES string of the molecule is CC(C)Oc1cc(NC(=O)C2COCCN2)c(F)cc1Cl. The molecule has 1 unspecified atom stereocenters. The number of carbonyl (C=O) groups is 1. The minimum Gasteiger partial charge on any atom is -0.489 e. The van der Waals surface area contributed by atoms with Gasteiger partial charge in [-0.2, -0.15) is 0 Å². The molecule has 0 radical (unpaired) electrons. The molecule has 0 aliphatic carbocycles. The van der Waals surface area contributed by atoms with Crippen molar-refractivity contribution in [3.8, 4) is 5.75 Å². The number of halogens is 2. The standard InChI is InChI=1S/C14H18ClFN2O3/c1-8(2)21-13-6-11(10(16)5-9(13)15)18-14(19)12-7-20-4-3-17-12/h5-6,8,12,17H,3-4,7H2,1-2H3,(H,18,19). The lowest BCUT2D eigenvalue weighted by Gasteiger charge is -2.23. The summed E-state index contributed by atoms with van der Waals surface area (Å²) in [6.45, 7) is 5.08. The van der Waals surface area contributed by atoms with Crippen molar-refractivity contribution in [2.45, 2.75) is 26.0 Å². The molecule has 0 spiro atoms. The van der Waals surface area contributed by atoms with Crippen molar-refractivity contribution in [3.05, 3.63) is 23.0 Å². The third kappa shape index (κ3) is 4.30. The Balaban J connectivity index is 2.12. The van der Waals surface area contributed by atoms with Gasteiger partial charge in [-0.1, -0.05) is 11.6 Å². The van der Waals surface area contributed by atoms with Gasteiger partial charge in [0.25, 0.3) is 0 Å². The van der Waals surface area contributed by atoms with Gasteiger partial charge >= 0.3 is 0 Å². The predicted molar refractivity (Wildman–Crippen MR) is 78.4 cm³/mol. The van der Waals surface area contributed by atoms with Crippen LogP contribution in [0.4, 0.5) is 10.1 Å². The number of hydrogen-bond donors (Lipinski definition) is 2. The van der Waals surface area contributed by atoms with Crippen molar-refractivity contribution in [2.24, 2.45) is 0 Å². The highest BCUT2D eigenvalue weighted by atomic mass is 35.5. The quantitative estimate of drug-likeness (QED) is 0.894. The Kier molecular flexibility index (Phi) is 5.39. The molecule has 2 rings (SSSR count). The molecule has 1 heterocycles. The first kappa shape index (κ1) is 16.0. The molecule has 0 bridgehead atoms. The fourth-order valence-electron chi connectivity index (χ4n) is 1.92. The number of rotatable bonds is 4. The van der Waals surface area contributed by atoms with Crippen LogP contribution in [0.25, 0.3) is 0 Å². The van der Waals surface area contributed by atoms with Crippen molar-refractivity contribution in [2.75, 3.05) is 25.1 Å². The first-order chi connectivity index (χ1) is 9.97. The molecule has 1 aliphatic rings. The van der Waals surface area contributed by atoms with Gasteiger partial charge in [-0.05, 0) is 19.9 Å². The summed E-state index contributed by atoms with van der Waals surface area (Å²) < 4.78 is 24.6. The number of morpholine rings is 1. The van der Waals surface area contributed by atoms with Gasteiger partial charge in [-0.15, -0.1) is 0 Å². The lowest BCUT2D eigenvalue weighted by molar-refractivity contribution is -0.120. The first-order valence-corrected chi connectivity index (χ1v) is 7.13. The van der Waals surface area contributed by atoms with Crippen LogP contribution in [-0.4, -0.2) is 37.8 Å². The van der Waals surface area contributed by atoms with E-state index in [4.69, 9.17) is 21.1 Å². The zero-order valence-electron chi connectivity index (χ0n) is 11.9. The molecule has 1 amide bonds. The molecule has 0 saturated carbocycles. The fourth-order valence-corrected chi connectivity index (χ4v) is 2.12. The van der Waals surface area contributed by atoms with Crippen molar-refractivity contribution < 1.29 is 18.7 Å². The van der Waals surface area contributed by atoms with Gasteiger partial charge < -0.3 is 20.1 Å². The van der Waals surface area contributed by atoms with Gasteiger partial charge in [-0.3, -0.25) is 4.79 Å². The zero-order chi connectivity index (χ0) is 15.4. The summed E-state index contributed by atoms with van der Waals surface area (Å²) in [7, 11) is 0. The number of hydrogen-bond acceptors (Lipinski definition) is 4. The van der Waals surface area contributed by atoms with Crippen LogP contribution < -0.4 is 15.4 Å². The molecule has 1 atom stereocenters. The molecule has 1 saturated heterocycles. The Morgan fingerprint density at radius 1 is 1.57 bits per heavy atom. The topological polar surface area (TPSA) is 59.6 Å². The molecule has 116 valence electrons. The Labute approximate surface area is 127 Å². The second-order valence-electron chi connectivity index (χ2n) is 5.00. The second kappa shape index (κ2) is 7.06. The van der Waals surface area contributed by atoms with Crippen LogP contribution >= 0.6 is 11.6 Å². The summed E-state index contributed by atoms with van der Waals surface area (Å²) in [5, 5.41) is 5.69. The van der Waals surface area contributed by atoms with E-state index in [-0.39, 0.29) is 29.3 Å². The highest BCUT2D eigenvalue weighted by Crippen LogP contribution is 2.31. The van der Waals surface area contributed by atoms with E-state index < -0.39 is 11.9 Å². The molecule has 1 aromatic carbocycles. The van der Waals surface area contributed by atoms with Crippen LogP contribution in [0.1, 0.15) is 13.8 Å². The van der Waals surface area contributed by atoms with E-state index in [0.29, 0.717) is 18.9 Å². The molecule has 2 N–H and O–H groups in total. The third-order valence-corrected chi connectivity index (χ3v) is 3.18. The minimum atomic E-state index is -0.610. The van der Waals surface area contributed by atoms with Gasteiger partial charge in [0.2, 0.25) is 5.91 Å². The third-order valence-electron chi connectivity index (χ3n) is 2.88. The normalized spacial score (nSPS) is 18.6. The summed E-state index contributed by atoms with van der Waals surface area (Å²) >= 11 is 5.92. The maximum atomic E-state index is 13.9. The number of benzene rings is 1. The van der Waals surface area contributed by atoms with E-state index in [1.165, 1.54) is 6.07 Å².